The van der Waals surface area contributed by atoms with E-state index >= 15 is 0 Å². The summed E-state index contributed by atoms with van der Waals surface area (Å²) in [6, 6.07) is 2.79. The van der Waals surface area contributed by atoms with E-state index in [1.54, 1.807) is 14.0 Å². The Balaban J connectivity index is 1.82. The van der Waals surface area contributed by atoms with Gasteiger partial charge in [0.15, 0.2) is 5.82 Å². The van der Waals surface area contributed by atoms with Crippen LogP contribution in [0, 0.1) is 22.9 Å². The Labute approximate surface area is 138 Å². The van der Waals surface area contributed by atoms with Crippen molar-refractivity contribution in [2.75, 3.05) is 18.0 Å². The van der Waals surface area contributed by atoms with E-state index in [1.165, 1.54) is 23.0 Å². The van der Waals surface area contributed by atoms with Gasteiger partial charge in [0.05, 0.1) is 11.5 Å². The molecule has 0 aromatic carbocycles. The Hall–Kier alpha value is -2.71. The highest BCUT2D eigenvalue weighted by Gasteiger charge is 2.32. The topological polar surface area (TPSA) is 86.3 Å². The van der Waals surface area contributed by atoms with Crippen LogP contribution in [0.1, 0.15) is 18.5 Å². The van der Waals surface area contributed by atoms with Crippen molar-refractivity contribution in [2.45, 2.75) is 25.9 Å². The summed E-state index contributed by atoms with van der Waals surface area (Å²) in [6.07, 6.45) is 2.68. The number of ether oxygens (including phenoxy) is 1. The van der Waals surface area contributed by atoms with E-state index in [4.69, 9.17) is 4.74 Å². The summed E-state index contributed by atoms with van der Waals surface area (Å²) in [5.41, 5.74) is 0.374. The molecule has 9 heteroatoms. The molecule has 24 heavy (non-hydrogen) atoms. The molecule has 3 rings (SSSR count). The molecule has 1 atom stereocenters. The number of aromatic nitrogens is 3. The summed E-state index contributed by atoms with van der Waals surface area (Å²) in [5.74, 6) is -0.107. The fraction of sp³-hybridized carbons (Fsp3) is 0.467. The van der Waals surface area contributed by atoms with Crippen LogP contribution >= 0.6 is 0 Å². The van der Waals surface area contributed by atoms with Crippen molar-refractivity contribution in [1.82, 2.24) is 14.8 Å². The first-order valence-corrected chi connectivity index (χ1v) is 7.67. The Morgan fingerprint density at radius 2 is 2.29 bits per heavy atom. The van der Waals surface area contributed by atoms with Crippen LogP contribution in [0.3, 0.4) is 0 Å². The number of hydrogen-bond donors (Lipinski definition) is 0. The molecule has 0 radical (unpaired) electrons. The number of nitro groups is 1. The van der Waals surface area contributed by atoms with Gasteiger partial charge in [-0.15, -0.1) is 0 Å². The number of anilines is 1. The number of aryl methyl sites for hydroxylation is 2. The van der Waals surface area contributed by atoms with Gasteiger partial charge < -0.3 is 9.64 Å². The van der Waals surface area contributed by atoms with E-state index in [2.05, 4.69) is 10.1 Å². The van der Waals surface area contributed by atoms with Crippen LogP contribution in [0.4, 0.5) is 15.9 Å². The molecule has 0 bridgehead atoms. The van der Waals surface area contributed by atoms with Gasteiger partial charge in [0, 0.05) is 19.8 Å². The minimum Gasteiger partial charge on any atom is -0.470 e. The summed E-state index contributed by atoms with van der Waals surface area (Å²) in [5, 5.41) is 15.5. The highest BCUT2D eigenvalue weighted by atomic mass is 19.1. The van der Waals surface area contributed by atoms with E-state index in [0.717, 1.165) is 12.8 Å². The molecular formula is C15H18FN5O3. The van der Waals surface area contributed by atoms with Gasteiger partial charge in [0.25, 0.3) is 5.88 Å². The maximum atomic E-state index is 13.7. The number of nitrogens with zero attached hydrogens (tertiary/aromatic N) is 5. The van der Waals surface area contributed by atoms with Gasteiger partial charge in [-0.3, -0.25) is 10.1 Å². The zero-order valence-corrected chi connectivity index (χ0v) is 13.5. The third-order valence-electron chi connectivity index (χ3n) is 4.02. The molecule has 2 aromatic heterocycles. The molecule has 1 aliphatic heterocycles. The molecule has 3 heterocycles. The van der Waals surface area contributed by atoms with Crippen molar-refractivity contribution < 1.29 is 14.1 Å². The number of piperidine rings is 1. The normalized spacial score (nSPS) is 17.8. The molecule has 0 saturated carbocycles. The Morgan fingerprint density at radius 3 is 3.00 bits per heavy atom. The molecule has 1 saturated heterocycles. The monoisotopic (exact) mass is 335 g/mol. The summed E-state index contributed by atoms with van der Waals surface area (Å²) in [4.78, 5) is 16.7. The van der Waals surface area contributed by atoms with Crippen molar-refractivity contribution in [2.24, 2.45) is 7.05 Å². The summed E-state index contributed by atoms with van der Waals surface area (Å²) in [7, 11) is 1.68. The first kappa shape index (κ1) is 16.2. The number of hydrogen-bond acceptors (Lipinski definition) is 6. The average Bonchev–Trinajstić information content (AvgIpc) is 2.84. The second-order valence-electron chi connectivity index (χ2n) is 5.76. The summed E-state index contributed by atoms with van der Waals surface area (Å²) >= 11 is 0. The third kappa shape index (κ3) is 3.01. The fourth-order valence-electron chi connectivity index (χ4n) is 3.05. The lowest BCUT2D eigenvalue weighted by molar-refractivity contribution is -0.384. The van der Waals surface area contributed by atoms with Gasteiger partial charge in [0.2, 0.25) is 5.82 Å². The van der Waals surface area contributed by atoms with Crippen LogP contribution in [0.15, 0.2) is 18.3 Å². The van der Waals surface area contributed by atoms with Crippen LogP contribution < -0.4 is 9.64 Å². The van der Waals surface area contributed by atoms with Gasteiger partial charge in [-0.2, -0.15) is 5.10 Å². The first-order valence-electron chi connectivity index (χ1n) is 7.67. The number of halogens is 1. The van der Waals surface area contributed by atoms with Gasteiger partial charge in [-0.25, -0.2) is 14.1 Å². The lowest BCUT2D eigenvalue weighted by Gasteiger charge is -2.33. The molecule has 0 amide bonds. The quantitative estimate of drug-likeness (QED) is 0.629. The predicted molar refractivity (Wildman–Crippen MR) is 84.7 cm³/mol. The number of rotatable bonds is 4. The van der Waals surface area contributed by atoms with Crippen LogP contribution in [0.5, 0.6) is 5.88 Å². The van der Waals surface area contributed by atoms with Crippen LogP contribution in [0.2, 0.25) is 0 Å². The largest absolute Gasteiger partial charge is 0.470 e. The first-order chi connectivity index (χ1) is 11.5. The summed E-state index contributed by atoms with van der Waals surface area (Å²) < 4.78 is 20.9. The average molecular weight is 335 g/mol. The summed E-state index contributed by atoms with van der Waals surface area (Å²) in [6.45, 7) is 2.68. The zero-order valence-electron chi connectivity index (χ0n) is 13.5. The molecule has 0 unspecified atom stereocenters. The number of pyridine rings is 1. The van der Waals surface area contributed by atoms with Gasteiger partial charge in [-0.05, 0) is 31.9 Å². The highest BCUT2D eigenvalue weighted by molar-refractivity contribution is 5.61. The smallest absolute Gasteiger partial charge is 0.333 e. The van der Waals surface area contributed by atoms with Crippen molar-refractivity contribution in [3.05, 3.63) is 40.0 Å². The molecule has 128 valence electrons. The molecule has 1 fully saturated rings. The lowest BCUT2D eigenvalue weighted by Crippen LogP contribution is -2.42. The predicted octanol–water partition coefficient (Wildman–Crippen LogP) is 2.22. The van der Waals surface area contributed by atoms with Gasteiger partial charge in [0.1, 0.15) is 11.8 Å². The highest BCUT2D eigenvalue weighted by Crippen LogP contribution is 2.33. The molecular weight excluding hydrogens is 317 g/mol. The zero-order chi connectivity index (χ0) is 17.3. The van der Waals surface area contributed by atoms with Crippen molar-refractivity contribution in [3.63, 3.8) is 0 Å². The maximum absolute atomic E-state index is 13.7. The Bertz CT molecular complexity index is 764. The fourth-order valence-corrected chi connectivity index (χ4v) is 3.05. The van der Waals surface area contributed by atoms with E-state index in [1.807, 2.05) is 4.90 Å². The van der Waals surface area contributed by atoms with Gasteiger partial charge in [-0.1, -0.05) is 0 Å². The molecule has 0 aliphatic carbocycles. The van der Waals surface area contributed by atoms with E-state index in [9.17, 15) is 14.5 Å². The standard InChI is InChI=1S/C15H18FN5O3/c1-10-13(21(22)23)15(19(2)18-10)20-8-4-5-11(9-20)24-14-12(16)6-3-7-17-14/h3,6-7,11H,4-5,8-9H2,1-2H3/t11-/m0/s1. The molecule has 2 aromatic rings. The van der Waals surface area contributed by atoms with E-state index in [0.29, 0.717) is 24.6 Å². The lowest BCUT2D eigenvalue weighted by atomic mass is 10.1. The van der Waals surface area contributed by atoms with Crippen molar-refractivity contribution in [1.29, 1.82) is 0 Å². The Morgan fingerprint density at radius 1 is 1.50 bits per heavy atom. The van der Waals surface area contributed by atoms with Gasteiger partial charge >= 0.3 is 5.69 Å². The van der Waals surface area contributed by atoms with E-state index < -0.39 is 10.7 Å². The second-order valence-corrected chi connectivity index (χ2v) is 5.76. The minimum absolute atomic E-state index is 0.00201. The van der Waals surface area contributed by atoms with Crippen molar-refractivity contribution >= 4 is 11.5 Å². The Kier molecular flexibility index (Phi) is 4.32. The second kappa shape index (κ2) is 6.42. The van der Waals surface area contributed by atoms with Crippen LogP contribution in [-0.4, -0.2) is 38.9 Å². The SMILES string of the molecule is Cc1nn(C)c(N2CCC[C@H](Oc3ncccc3F)C2)c1[N+](=O)[O-]. The molecule has 0 spiro atoms. The van der Waals surface area contributed by atoms with Crippen molar-refractivity contribution in [3.8, 4) is 5.88 Å². The van der Waals surface area contributed by atoms with Crippen LogP contribution in [-0.2, 0) is 7.05 Å². The molecule has 1 aliphatic rings. The van der Waals surface area contributed by atoms with E-state index in [-0.39, 0.29) is 17.7 Å². The molecule has 0 N–H and O–H groups in total. The third-order valence-corrected chi connectivity index (χ3v) is 4.02. The van der Waals surface area contributed by atoms with Crippen LogP contribution in [0.25, 0.3) is 0 Å². The maximum Gasteiger partial charge on any atom is 0.333 e. The molecule has 8 nitrogen and oxygen atoms in total. The minimum atomic E-state index is -0.517.